The summed E-state index contributed by atoms with van der Waals surface area (Å²) >= 11 is 0. The zero-order chi connectivity index (χ0) is 12.4. The molecule has 3 nitrogen and oxygen atoms in total. The van der Waals surface area contributed by atoms with Gasteiger partial charge in [-0.25, -0.2) is 9.18 Å². The van der Waals surface area contributed by atoms with Crippen molar-refractivity contribution in [3.63, 3.8) is 0 Å². The lowest BCUT2D eigenvalue weighted by atomic mass is 10.0. The number of fused-ring (bicyclic) bond motifs is 1. The number of ketones is 1. The van der Waals surface area contributed by atoms with Gasteiger partial charge in [-0.05, 0) is 49.4 Å². The van der Waals surface area contributed by atoms with Crippen LogP contribution in [0.25, 0.3) is 0 Å². The number of hydrogen-bond donors (Lipinski definition) is 0. The molecule has 0 radical (unpaired) electrons. The van der Waals surface area contributed by atoms with Gasteiger partial charge in [0.2, 0.25) is 0 Å². The number of hydrogen-bond acceptors (Lipinski definition) is 3. The van der Waals surface area contributed by atoms with Crippen molar-refractivity contribution in [1.82, 2.24) is 0 Å². The monoisotopic (exact) mass is 236 g/mol. The second-order valence-corrected chi connectivity index (χ2v) is 4.00. The maximum Gasteiger partial charge on any atom is 0.379 e. The average Bonchev–Trinajstić information content (AvgIpc) is 2.74. The molecule has 0 spiro atoms. The van der Waals surface area contributed by atoms with E-state index in [0.29, 0.717) is 0 Å². The zero-order valence-corrected chi connectivity index (χ0v) is 9.59. The topological polar surface area (TPSA) is 43.4 Å². The number of esters is 1. The van der Waals surface area contributed by atoms with E-state index in [1.165, 1.54) is 12.1 Å². The van der Waals surface area contributed by atoms with E-state index in [1.807, 2.05) is 0 Å². The van der Waals surface area contributed by atoms with Gasteiger partial charge in [-0.1, -0.05) is 0 Å². The quantitative estimate of drug-likeness (QED) is 0.458. The predicted octanol–water partition coefficient (Wildman–Crippen LogP) is 2.06. The number of Topliss-reactive ketones (excluding diaryl/α,β-unsaturated/α-hetero) is 1. The molecular weight excluding hydrogens is 223 g/mol. The molecule has 0 amide bonds. The molecule has 0 aromatic heterocycles. The summed E-state index contributed by atoms with van der Waals surface area (Å²) in [5.74, 6) is -2.54. The van der Waals surface area contributed by atoms with Crippen molar-refractivity contribution in [2.75, 3.05) is 6.61 Å². The highest BCUT2D eigenvalue weighted by molar-refractivity contribution is 6.40. The minimum absolute atomic E-state index is 0.108. The van der Waals surface area contributed by atoms with Gasteiger partial charge in [-0.3, -0.25) is 4.79 Å². The van der Waals surface area contributed by atoms with Gasteiger partial charge in [0.15, 0.2) is 0 Å². The Bertz CT molecular complexity index is 480. The fourth-order valence-electron chi connectivity index (χ4n) is 2.07. The number of aryl methyl sites for hydroxylation is 2. The highest BCUT2D eigenvalue weighted by atomic mass is 19.1. The van der Waals surface area contributed by atoms with Crippen molar-refractivity contribution in [2.45, 2.75) is 26.2 Å². The van der Waals surface area contributed by atoms with Gasteiger partial charge >= 0.3 is 5.97 Å². The number of halogens is 1. The third-order valence-electron chi connectivity index (χ3n) is 2.89. The molecular formula is C13H13FO3. The number of rotatable bonds is 3. The molecule has 0 aliphatic heterocycles. The van der Waals surface area contributed by atoms with Gasteiger partial charge in [-0.15, -0.1) is 0 Å². The van der Waals surface area contributed by atoms with Crippen molar-refractivity contribution in [1.29, 1.82) is 0 Å². The lowest BCUT2D eigenvalue weighted by molar-refractivity contribution is -0.137. The summed E-state index contributed by atoms with van der Waals surface area (Å²) in [6, 6.07) is 2.84. The van der Waals surface area contributed by atoms with Crippen LogP contribution >= 0.6 is 0 Å². The van der Waals surface area contributed by atoms with Crippen LogP contribution in [0, 0.1) is 5.82 Å². The Hall–Kier alpha value is -1.71. The largest absolute Gasteiger partial charge is 0.460 e. The third kappa shape index (κ3) is 2.20. The molecule has 0 atom stereocenters. The molecule has 0 heterocycles. The van der Waals surface area contributed by atoms with Gasteiger partial charge in [0.05, 0.1) is 12.2 Å². The number of ether oxygens (including phenoxy) is 1. The molecule has 0 saturated carbocycles. The lowest BCUT2D eigenvalue weighted by Gasteiger charge is -2.05. The lowest BCUT2D eigenvalue weighted by Crippen LogP contribution is -2.19. The molecule has 90 valence electrons. The predicted molar refractivity (Wildman–Crippen MR) is 59.4 cm³/mol. The number of carbonyl (C=O) groups excluding carboxylic acids is 2. The van der Waals surface area contributed by atoms with Crippen LogP contribution in [0.3, 0.4) is 0 Å². The van der Waals surface area contributed by atoms with Gasteiger partial charge < -0.3 is 4.74 Å². The van der Waals surface area contributed by atoms with Crippen molar-refractivity contribution in [3.05, 3.63) is 34.6 Å². The SMILES string of the molecule is CCOC(=O)C(=O)c1cc2c(cc1F)CCC2. The van der Waals surface area contributed by atoms with Crippen LogP contribution in [0.4, 0.5) is 4.39 Å². The van der Waals surface area contributed by atoms with Crippen LogP contribution in [0.5, 0.6) is 0 Å². The summed E-state index contributed by atoms with van der Waals surface area (Å²) in [5.41, 5.74) is 1.71. The Kier molecular flexibility index (Phi) is 3.22. The van der Waals surface area contributed by atoms with Crippen molar-refractivity contribution < 1.29 is 18.7 Å². The van der Waals surface area contributed by atoms with E-state index in [1.54, 1.807) is 6.92 Å². The third-order valence-corrected chi connectivity index (χ3v) is 2.89. The standard InChI is InChI=1S/C13H13FO3/c1-2-17-13(16)12(15)10-6-8-4-3-5-9(8)7-11(10)14/h6-7H,2-5H2,1H3. The smallest absolute Gasteiger partial charge is 0.379 e. The van der Waals surface area contributed by atoms with Crippen LogP contribution in [0.1, 0.15) is 34.8 Å². The molecule has 0 saturated heterocycles. The minimum atomic E-state index is -0.996. The molecule has 0 bridgehead atoms. The van der Waals surface area contributed by atoms with E-state index in [4.69, 9.17) is 0 Å². The van der Waals surface area contributed by atoms with Gasteiger partial charge in [0, 0.05) is 0 Å². The average molecular weight is 236 g/mol. The Labute approximate surface area is 98.6 Å². The summed E-state index contributed by atoms with van der Waals surface area (Å²) < 4.78 is 18.2. The molecule has 0 fully saturated rings. The maximum absolute atomic E-state index is 13.7. The van der Waals surface area contributed by atoms with E-state index in [0.717, 1.165) is 30.4 Å². The van der Waals surface area contributed by atoms with Crippen LogP contribution in [0.2, 0.25) is 0 Å². The molecule has 1 aromatic carbocycles. The first kappa shape index (κ1) is 11.8. The summed E-state index contributed by atoms with van der Waals surface area (Å²) in [5, 5.41) is 0. The Morgan fingerprint density at radius 3 is 2.59 bits per heavy atom. The van der Waals surface area contributed by atoms with E-state index < -0.39 is 17.6 Å². The second kappa shape index (κ2) is 4.65. The zero-order valence-electron chi connectivity index (χ0n) is 9.59. The van der Waals surface area contributed by atoms with E-state index in [-0.39, 0.29) is 12.2 Å². The molecule has 2 rings (SSSR count). The first-order valence-electron chi connectivity index (χ1n) is 5.66. The number of carbonyl (C=O) groups is 2. The molecule has 1 aliphatic rings. The fraction of sp³-hybridized carbons (Fsp3) is 0.385. The van der Waals surface area contributed by atoms with Gasteiger partial charge in [0.25, 0.3) is 5.78 Å². The Morgan fingerprint density at radius 2 is 1.94 bits per heavy atom. The Morgan fingerprint density at radius 1 is 1.29 bits per heavy atom. The molecule has 4 heteroatoms. The molecule has 1 aliphatic carbocycles. The van der Waals surface area contributed by atoms with Crippen LogP contribution in [-0.4, -0.2) is 18.4 Å². The van der Waals surface area contributed by atoms with Gasteiger partial charge in [0.1, 0.15) is 5.82 Å². The van der Waals surface area contributed by atoms with Crippen molar-refractivity contribution in [3.8, 4) is 0 Å². The minimum Gasteiger partial charge on any atom is -0.460 e. The fourth-order valence-corrected chi connectivity index (χ4v) is 2.07. The first-order valence-corrected chi connectivity index (χ1v) is 5.66. The summed E-state index contributed by atoms with van der Waals surface area (Å²) in [6.07, 6.45) is 2.63. The Balaban J connectivity index is 2.33. The highest BCUT2D eigenvalue weighted by Gasteiger charge is 2.24. The highest BCUT2D eigenvalue weighted by Crippen LogP contribution is 2.25. The molecule has 1 aromatic rings. The maximum atomic E-state index is 13.7. The normalized spacial score (nSPS) is 13.3. The van der Waals surface area contributed by atoms with Gasteiger partial charge in [-0.2, -0.15) is 0 Å². The molecule has 17 heavy (non-hydrogen) atoms. The summed E-state index contributed by atoms with van der Waals surface area (Å²) in [7, 11) is 0. The van der Waals surface area contributed by atoms with Crippen LogP contribution in [-0.2, 0) is 22.4 Å². The molecule has 0 N–H and O–H groups in total. The van der Waals surface area contributed by atoms with Crippen LogP contribution < -0.4 is 0 Å². The summed E-state index contributed by atoms with van der Waals surface area (Å²) in [6.45, 7) is 1.71. The van der Waals surface area contributed by atoms with E-state index in [2.05, 4.69) is 4.74 Å². The first-order chi connectivity index (χ1) is 8.13. The van der Waals surface area contributed by atoms with E-state index >= 15 is 0 Å². The number of benzene rings is 1. The second-order valence-electron chi connectivity index (χ2n) is 4.00. The van der Waals surface area contributed by atoms with Crippen LogP contribution in [0.15, 0.2) is 12.1 Å². The van der Waals surface area contributed by atoms with Crippen molar-refractivity contribution >= 4 is 11.8 Å². The summed E-state index contributed by atoms with van der Waals surface area (Å²) in [4.78, 5) is 22.9. The molecule has 0 unspecified atom stereocenters. The van der Waals surface area contributed by atoms with Crippen molar-refractivity contribution in [2.24, 2.45) is 0 Å². The van der Waals surface area contributed by atoms with E-state index in [9.17, 15) is 14.0 Å².